The minimum atomic E-state index is -0.810. The van der Waals surface area contributed by atoms with E-state index >= 15 is 0 Å². The van der Waals surface area contributed by atoms with Crippen molar-refractivity contribution in [2.45, 2.75) is 25.9 Å². The zero-order chi connectivity index (χ0) is 12.6. The maximum absolute atomic E-state index is 12.2. The van der Waals surface area contributed by atoms with Gasteiger partial charge in [0, 0.05) is 13.1 Å². The zero-order valence-corrected chi connectivity index (χ0v) is 10.1. The third kappa shape index (κ3) is 2.42. The molecule has 1 aliphatic rings. The Morgan fingerprint density at radius 1 is 1.47 bits per heavy atom. The van der Waals surface area contributed by atoms with Crippen LogP contribution in [0.4, 0.5) is 0 Å². The first-order chi connectivity index (χ1) is 7.89. The molecule has 2 rings (SSSR count). The molecule has 1 aromatic rings. The number of β-amino-alcohol motifs (C(OH)–C–C–N with tert-alkyl or cyclic N) is 1. The van der Waals surface area contributed by atoms with Crippen LogP contribution >= 0.6 is 0 Å². The quantitative estimate of drug-likeness (QED) is 0.771. The summed E-state index contributed by atoms with van der Waals surface area (Å²) in [6, 6.07) is 4.95. The maximum Gasteiger partial charge on any atom is 0.257 e. The summed E-state index contributed by atoms with van der Waals surface area (Å²) in [6.07, 6.45) is 0.575. The van der Waals surface area contributed by atoms with Gasteiger partial charge in [0.2, 0.25) is 0 Å². The van der Waals surface area contributed by atoms with Crippen LogP contribution in [-0.2, 0) is 0 Å². The minimum Gasteiger partial charge on any atom is -0.507 e. The second-order valence-electron chi connectivity index (χ2n) is 4.99. The average molecular weight is 235 g/mol. The summed E-state index contributed by atoms with van der Waals surface area (Å²) in [5.74, 6) is -0.226. The molecule has 1 atom stereocenters. The molecule has 0 aliphatic carbocycles. The summed E-state index contributed by atoms with van der Waals surface area (Å²) < 4.78 is 0. The van der Waals surface area contributed by atoms with E-state index < -0.39 is 5.60 Å². The summed E-state index contributed by atoms with van der Waals surface area (Å²) >= 11 is 0. The number of benzene rings is 1. The van der Waals surface area contributed by atoms with Gasteiger partial charge in [-0.05, 0) is 32.4 Å². The Balaban J connectivity index is 2.23. The van der Waals surface area contributed by atoms with Crippen LogP contribution in [0.1, 0.15) is 29.3 Å². The smallest absolute Gasteiger partial charge is 0.257 e. The standard InChI is InChI=1S/C13H17NO3/c1-9-3-4-11(15)10(7-9)12(16)14-6-5-13(2,17)8-14/h3-4,7,15,17H,5-6,8H2,1-2H3. The lowest BCUT2D eigenvalue weighted by molar-refractivity contribution is 0.0570. The SMILES string of the molecule is Cc1ccc(O)c(C(=O)N2CCC(C)(O)C2)c1. The fourth-order valence-electron chi connectivity index (χ4n) is 2.11. The topological polar surface area (TPSA) is 60.8 Å². The number of rotatable bonds is 1. The first kappa shape index (κ1) is 11.9. The van der Waals surface area contributed by atoms with Gasteiger partial charge < -0.3 is 15.1 Å². The van der Waals surface area contributed by atoms with Crippen LogP contribution in [0.5, 0.6) is 5.75 Å². The first-order valence-electron chi connectivity index (χ1n) is 5.70. The number of amides is 1. The Hall–Kier alpha value is -1.55. The van der Waals surface area contributed by atoms with Crippen LogP contribution < -0.4 is 0 Å². The number of carbonyl (C=O) groups excluding carboxylic acids is 1. The van der Waals surface area contributed by atoms with E-state index in [4.69, 9.17) is 0 Å². The van der Waals surface area contributed by atoms with Gasteiger partial charge in [-0.2, -0.15) is 0 Å². The molecule has 0 bridgehead atoms. The van der Waals surface area contributed by atoms with Gasteiger partial charge in [0.15, 0.2) is 0 Å². The van der Waals surface area contributed by atoms with Gasteiger partial charge in [0.1, 0.15) is 5.75 Å². The van der Waals surface area contributed by atoms with Crippen molar-refractivity contribution in [3.05, 3.63) is 29.3 Å². The lowest BCUT2D eigenvalue weighted by atomic mass is 10.1. The number of carbonyl (C=O) groups is 1. The molecule has 0 saturated carbocycles. The van der Waals surface area contributed by atoms with E-state index in [-0.39, 0.29) is 11.7 Å². The molecule has 2 N–H and O–H groups in total. The third-order valence-corrected chi connectivity index (χ3v) is 3.12. The normalized spacial score (nSPS) is 24.1. The highest BCUT2D eigenvalue weighted by Gasteiger charge is 2.34. The van der Waals surface area contributed by atoms with Crippen molar-refractivity contribution in [3.63, 3.8) is 0 Å². The second-order valence-corrected chi connectivity index (χ2v) is 4.99. The predicted octanol–water partition coefficient (Wildman–Crippen LogP) is 1.30. The van der Waals surface area contributed by atoms with Crippen LogP contribution in [0.15, 0.2) is 18.2 Å². The van der Waals surface area contributed by atoms with Crippen molar-refractivity contribution >= 4 is 5.91 Å². The second kappa shape index (κ2) is 4.04. The summed E-state index contributed by atoms with van der Waals surface area (Å²) in [5, 5.41) is 19.5. The van der Waals surface area contributed by atoms with Crippen molar-refractivity contribution in [1.82, 2.24) is 4.90 Å². The molecule has 1 fully saturated rings. The van der Waals surface area contributed by atoms with Gasteiger partial charge >= 0.3 is 0 Å². The number of aryl methyl sites for hydroxylation is 1. The van der Waals surface area contributed by atoms with E-state index in [0.717, 1.165) is 5.56 Å². The summed E-state index contributed by atoms with van der Waals surface area (Å²) in [6.45, 7) is 4.44. The van der Waals surface area contributed by atoms with E-state index in [9.17, 15) is 15.0 Å². The maximum atomic E-state index is 12.2. The molecule has 0 radical (unpaired) electrons. The third-order valence-electron chi connectivity index (χ3n) is 3.12. The molecule has 0 aromatic heterocycles. The molecule has 17 heavy (non-hydrogen) atoms. The Bertz CT molecular complexity index is 454. The lowest BCUT2D eigenvalue weighted by Crippen LogP contribution is -2.33. The molecule has 0 spiro atoms. The van der Waals surface area contributed by atoms with Crippen molar-refractivity contribution in [2.24, 2.45) is 0 Å². The number of phenolic OH excluding ortho intramolecular Hbond substituents is 1. The molecule has 4 nitrogen and oxygen atoms in total. The van der Waals surface area contributed by atoms with Gasteiger partial charge in [-0.3, -0.25) is 4.79 Å². The highest BCUT2D eigenvalue weighted by atomic mass is 16.3. The highest BCUT2D eigenvalue weighted by Crippen LogP contribution is 2.25. The molecule has 1 amide bonds. The fraction of sp³-hybridized carbons (Fsp3) is 0.462. The Kier molecular flexibility index (Phi) is 2.83. The zero-order valence-electron chi connectivity index (χ0n) is 10.1. The number of hydrogen-bond donors (Lipinski definition) is 2. The Morgan fingerprint density at radius 3 is 2.76 bits per heavy atom. The molecule has 1 aromatic carbocycles. The largest absolute Gasteiger partial charge is 0.507 e. The van der Waals surface area contributed by atoms with Crippen LogP contribution in [-0.4, -0.2) is 39.7 Å². The Labute approximate surface area is 100 Å². The Morgan fingerprint density at radius 2 is 2.18 bits per heavy atom. The number of likely N-dealkylation sites (tertiary alicyclic amines) is 1. The van der Waals surface area contributed by atoms with Crippen molar-refractivity contribution < 1.29 is 15.0 Å². The lowest BCUT2D eigenvalue weighted by Gasteiger charge is -2.19. The van der Waals surface area contributed by atoms with Crippen molar-refractivity contribution in [3.8, 4) is 5.75 Å². The molecule has 1 aliphatic heterocycles. The number of nitrogens with zero attached hydrogens (tertiary/aromatic N) is 1. The monoisotopic (exact) mass is 235 g/mol. The minimum absolute atomic E-state index is 0.00728. The van der Waals surface area contributed by atoms with Gasteiger partial charge in [-0.1, -0.05) is 11.6 Å². The van der Waals surface area contributed by atoms with Crippen LogP contribution in [0, 0.1) is 6.92 Å². The fourth-order valence-corrected chi connectivity index (χ4v) is 2.11. The first-order valence-corrected chi connectivity index (χ1v) is 5.70. The van der Waals surface area contributed by atoms with Gasteiger partial charge in [0.05, 0.1) is 11.2 Å². The molecular formula is C13H17NO3. The van der Waals surface area contributed by atoms with Crippen LogP contribution in [0.2, 0.25) is 0 Å². The van der Waals surface area contributed by atoms with Gasteiger partial charge in [-0.25, -0.2) is 0 Å². The molecule has 1 saturated heterocycles. The summed E-state index contributed by atoms with van der Waals surface area (Å²) in [4.78, 5) is 13.7. The van der Waals surface area contributed by atoms with E-state index in [2.05, 4.69) is 0 Å². The molecule has 92 valence electrons. The number of hydrogen-bond acceptors (Lipinski definition) is 3. The highest BCUT2D eigenvalue weighted by molar-refractivity contribution is 5.97. The molecular weight excluding hydrogens is 218 g/mol. The number of phenols is 1. The molecule has 1 unspecified atom stereocenters. The van der Waals surface area contributed by atoms with E-state index in [1.165, 1.54) is 6.07 Å². The average Bonchev–Trinajstić information content (AvgIpc) is 2.61. The molecule has 1 heterocycles. The predicted molar refractivity (Wildman–Crippen MR) is 64.0 cm³/mol. The van der Waals surface area contributed by atoms with Crippen LogP contribution in [0.25, 0.3) is 0 Å². The van der Waals surface area contributed by atoms with E-state index in [1.807, 2.05) is 6.92 Å². The van der Waals surface area contributed by atoms with E-state index in [1.54, 1.807) is 24.0 Å². The van der Waals surface area contributed by atoms with Crippen molar-refractivity contribution in [1.29, 1.82) is 0 Å². The van der Waals surface area contributed by atoms with Gasteiger partial charge in [-0.15, -0.1) is 0 Å². The number of aromatic hydroxyl groups is 1. The summed E-state index contributed by atoms with van der Waals surface area (Å²) in [5.41, 5.74) is 0.426. The van der Waals surface area contributed by atoms with Crippen molar-refractivity contribution in [2.75, 3.05) is 13.1 Å². The number of aliphatic hydroxyl groups is 1. The van der Waals surface area contributed by atoms with Gasteiger partial charge in [0.25, 0.3) is 5.91 Å². The molecule has 4 heteroatoms. The summed E-state index contributed by atoms with van der Waals surface area (Å²) in [7, 11) is 0. The van der Waals surface area contributed by atoms with Crippen LogP contribution in [0.3, 0.4) is 0 Å². The van der Waals surface area contributed by atoms with E-state index in [0.29, 0.717) is 25.1 Å².